The fourth-order valence-corrected chi connectivity index (χ4v) is 2.45. The van der Waals surface area contributed by atoms with Crippen molar-refractivity contribution in [2.24, 2.45) is 0 Å². The van der Waals surface area contributed by atoms with Gasteiger partial charge in [0.2, 0.25) is 0 Å². The molecule has 1 heterocycles. The highest BCUT2D eigenvalue weighted by Gasteiger charge is 2.23. The molecule has 1 saturated heterocycles. The van der Waals surface area contributed by atoms with Crippen molar-refractivity contribution in [3.8, 4) is 0 Å². The van der Waals surface area contributed by atoms with E-state index in [4.69, 9.17) is 0 Å². The van der Waals surface area contributed by atoms with Gasteiger partial charge in [-0.15, -0.1) is 0 Å². The highest BCUT2D eigenvalue weighted by Crippen LogP contribution is 2.15. The zero-order chi connectivity index (χ0) is 13.8. The Hall–Kier alpha value is -1.33. The van der Waals surface area contributed by atoms with Crippen molar-refractivity contribution in [2.45, 2.75) is 18.9 Å². The maximum atomic E-state index is 13.5. The average molecular weight is 268 g/mol. The third-order valence-electron chi connectivity index (χ3n) is 3.57. The van der Waals surface area contributed by atoms with Crippen molar-refractivity contribution in [2.75, 3.05) is 26.7 Å². The minimum Gasteiger partial charge on any atom is -0.317 e. The number of nitrogens with one attached hydrogen (secondary N) is 1. The van der Waals surface area contributed by atoms with Crippen LogP contribution < -0.4 is 5.32 Å². The zero-order valence-electron chi connectivity index (χ0n) is 11.0. The topological polar surface area (TPSA) is 32.3 Å². The van der Waals surface area contributed by atoms with Crippen LogP contribution in [0.3, 0.4) is 0 Å². The first-order valence-electron chi connectivity index (χ1n) is 6.47. The molecule has 0 spiro atoms. The zero-order valence-corrected chi connectivity index (χ0v) is 11.0. The second-order valence-electron chi connectivity index (χ2n) is 4.92. The first-order valence-corrected chi connectivity index (χ1v) is 6.47. The molecule has 0 aromatic heterocycles. The van der Waals surface area contributed by atoms with Crippen LogP contribution in [-0.2, 0) is 0 Å². The summed E-state index contributed by atoms with van der Waals surface area (Å²) in [6.07, 6.45) is 1.90. The quantitative estimate of drug-likeness (QED) is 0.846. The predicted octanol–water partition coefficient (Wildman–Crippen LogP) is 1.83. The molecule has 0 radical (unpaired) electrons. The van der Waals surface area contributed by atoms with Crippen LogP contribution in [0.5, 0.6) is 0 Å². The smallest absolute Gasteiger partial charge is 0.182 e. The first-order chi connectivity index (χ1) is 9.09. The third-order valence-corrected chi connectivity index (χ3v) is 3.57. The molecule has 0 bridgehead atoms. The van der Waals surface area contributed by atoms with Gasteiger partial charge in [0.05, 0.1) is 12.1 Å². The molecule has 0 atom stereocenters. The van der Waals surface area contributed by atoms with Gasteiger partial charge >= 0.3 is 0 Å². The number of ketones is 1. The molecule has 1 aliphatic heterocycles. The predicted molar refractivity (Wildman–Crippen MR) is 69.2 cm³/mol. The lowest BCUT2D eigenvalue weighted by atomic mass is 10.0. The molecule has 1 aromatic carbocycles. The van der Waals surface area contributed by atoms with Crippen LogP contribution in [0.25, 0.3) is 0 Å². The number of carbonyl (C=O) groups excluding carboxylic acids is 1. The first kappa shape index (κ1) is 14.1. The van der Waals surface area contributed by atoms with Crippen molar-refractivity contribution in [1.82, 2.24) is 10.2 Å². The van der Waals surface area contributed by atoms with E-state index in [-0.39, 0.29) is 6.54 Å². The number of piperidine rings is 1. The fourth-order valence-electron chi connectivity index (χ4n) is 2.45. The maximum absolute atomic E-state index is 13.5. The molecule has 0 saturated carbocycles. The van der Waals surface area contributed by atoms with E-state index in [1.807, 2.05) is 11.9 Å². The highest BCUT2D eigenvalue weighted by molar-refractivity contribution is 5.98. The van der Waals surface area contributed by atoms with Crippen LogP contribution in [0.4, 0.5) is 8.78 Å². The number of hydrogen-bond acceptors (Lipinski definition) is 3. The number of carbonyl (C=O) groups is 1. The number of nitrogens with zero attached hydrogens (tertiary/aromatic N) is 1. The molecule has 1 N–H and O–H groups in total. The van der Waals surface area contributed by atoms with E-state index < -0.39 is 23.0 Å². The van der Waals surface area contributed by atoms with E-state index in [1.54, 1.807) is 0 Å². The molecule has 2 rings (SSSR count). The summed E-state index contributed by atoms with van der Waals surface area (Å²) < 4.78 is 27.0. The molecule has 104 valence electrons. The molecule has 0 unspecified atom stereocenters. The Morgan fingerprint density at radius 2 is 1.89 bits per heavy atom. The highest BCUT2D eigenvalue weighted by atomic mass is 19.1. The van der Waals surface area contributed by atoms with Gasteiger partial charge in [-0.2, -0.15) is 0 Å². The number of hydrogen-bond donors (Lipinski definition) is 1. The van der Waals surface area contributed by atoms with Gasteiger partial charge in [0, 0.05) is 6.04 Å². The minimum absolute atomic E-state index is 0.0442. The van der Waals surface area contributed by atoms with Crippen LogP contribution >= 0.6 is 0 Å². The third kappa shape index (κ3) is 3.36. The number of rotatable bonds is 4. The second-order valence-corrected chi connectivity index (χ2v) is 4.92. The number of Topliss-reactive ketones (excluding diaryl/α,β-unsaturated/α-hetero) is 1. The van der Waals surface area contributed by atoms with Crippen molar-refractivity contribution in [1.29, 1.82) is 0 Å². The summed E-state index contributed by atoms with van der Waals surface area (Å²) in [5, 5.41) is 3.24. The van der Waals surface area contributed by atoms with Crippen molar-refractivity contribution < 1.29 is 13.6 Å². The summed E-state index contributed by atoms with van der Waals surface area (Å²) in [6, 6.07) is 3.78. The lowest BCUT2D eigenvalue weighted by Gasteiger charge is -2.31. The second kappa shape index (κ2) is 6.21. The molecule has 5 heteroatoms. The van der Waals surface area contributed by atoms with E-state index in [0.717, 1.165) is 38.1 Å². The van der Waals surface area contributed by atoms with Crippen molar-refractivity contribution >= 4 is 5.78 Å². The van der Waals surface area contributed by atoms with Gasteiger partial charge in [0.1, 0.15) is 11.6 Å². The summed E-state index contributed by atoms with van der Waals surface area (Å²) in [7, 11) is 1.83. The fraction of sp³-hybridized carbons (Fsp3) is 0.500. The summed E-state index contributed by atoms with van der Waals surface area (Å²) in [6.45, 7) is 1.87. The number of halogens is 2. The maximum Gasteiger partial charge on any atom is 0.182 e. The van der Waals surface area contributed by atoms with Crippen LogP contribution in [-0.4, -0.2) is 43.4 Å². The van der Waals surface area contributed by atoms with Crippen LogP contribution in [0.2, 0.25) is 0 Å². The van der Waals surface area contributed by atoms with Gasteiger partial charge < -0.3 is 5.32 Å². The minimum atomic E-state index is -0.788. The van der Waals surface area contributed by atoms with E-state index in [2.05, 4.69) is 5.32 Å². The van der Waals surface area contributed by atoms with Crippen LogP contribution in [0, 0.1) is 11.6 Å². The molecule has 0 aliphatic carbocycles. The number of benzene rings is 1. The molecule has 0 amide bonds. The van der Waals surface area contributed by atoms with Crippen LogP contribution in [0.1, 0.15) is 23.2 Å². The Bertz CT molecular complexity index is 439. The summed E-state index contributed by atoms with van der Waals surface area (Å²) in [5.41, 5.74) is -0.428. The van der Waals surface area contributed by atoms with Crippen molar-refractivity contribution in [3.05, 3.63) is 35.4 Å². The Kier molecular flexibility index (Phi) is 4.61. The Balaban J connectivity index is 2.04. The molecule has 1 aliphatic rings. The SMILES string of the molecule is CN(CC(=O)c1c(F)cccc1F)C1CCNCC1. The Morgan fingerprint density at radius 3 is 2.47 bits per heavy atom. The summed E-state index contributed by atoms with van der Waals surface area (Å²) >= 11 is 0. The Labute approximate surface area is 111 Å². The van der Waals surface area contributed by atoms with Gasteiger partial charge in [-0.3, -0.25) is 9.69 Å². The summed E-state index contributed by atoms with van der Waals surface area (Å²) in [5.74, 6) is -2.08. The normalized spacial score (nSPS) is 16.8. The Morgan fingerprint density at radius 1 is 1.32 bits per heavy atom. The molecule has 3 nitrogen and oxygen atoms in total. The van der Waals surface area contributed by atoms with E-state index in [1.165, 1.54) is 6.07 Å². The van der Waals surface area contributed by atoms with Gasteiger partial charge in [0.15, 0.2) is 5.78 Å². The van der Waals surface area contributed by atoms with E-state index in [9.17, 15) is 13.6 Å². The molecule has 1 fully saturated rings. The lowest BCUT2D eigenvalue weighted by molar-refractivity contribution is 0.0895. The van der Waals surface area contributed by atoms with Gasteiger partial charge in [0.25, 0.3) is 0 Å². The summed E-state index contributed by atoms with van der Waals surface area (Å²) in [4.78, 5) is 13.9. The van der Waals surface area contributed by atoms with Crippen LogP contribution in [0.15, 0.2) is 18.2 Å². The van der Waals surface area contributed by atoms with Crippen molar-refractivity contribution in [3.63, 3.8) is 0 Å². The number of likely N-dealkylation sites (N-methyl/N-ethyl adjacent to an activating group) is 1. The molecule has 19 heavy (non-hydrogen) atoms. The van der Waals surface area contributed by atoms with E-state index >= 15 is 0 Å². The van der Waals surface area contributed by atoms with Gasteiger partial charge in [-0.1, -0.05) is 6.07 Å². The molecular weight excluding hydrogens is 250 g/mol. The average Bonchev–Trinajstić information content (AvgIpc) is 2.39. The van der Waals surface area contributed by atoms with Gasteiger partial charge in [-0.25, -0.2) is 8.78 Å². The van der Waals surface area contributed by atoms with Gasteiger partial charge in [-0.05, 0) is 45.1 Å². The molecular formula is C14H18F2N2O. The lowest BCUT2D eigenvalue weighted by Crippen LogP contribution is -2.43. The largest absolute Gasteiger partial charge is 0.317 e. The van der Waals surface area contributed by atoms with E-state index in [0.29, 0.717) is 6.04 Å². The monoisotopic (exact) mass is 268 g/mol. The standard InChI is InChI=1S/C14H18F2N2O/c1-18(10-5-7-17-8-6-10)9-13(19)14-11(15)3-2-4-12(14)16/h2-4,10,17H,5-9H2,1H3. The molecule has 1 aromatic rings.